The summed E-state index contributed by atoms with van der Waals surface area (Å²) in [6.07, 6.45) is 0.795. The lowest BCUT2D eigenvalue weighted by Gasteiger charge is -2.26. The molecule has 282 valence electrons. The van der Waals surface area contributed by atoms with Crippen LogP contribution < -0.4 is 49.5 Å². The minimum Gasteiger partial charge on any atom is -0.508 e. The van der Waals surface area contributed by atoms with Gasteiger partial charge >= 0.3 is 0 Å². The number of hydrogen-bond donors (Lipinski definition) is 10. The minimum absolute atomic E-state index is 0.00775. The van der Waals surface area contributed by atoms with Crippen LogP contribution in [0.4, 0.5) is 0 Å². The highest BCUT2D eigenvalue weighted by atomic mass is 16.3. The van der Waals surface area contributed by atoms with Gasteiger partial charge in [0.25, 0.3) is 0 Å². The van der Waals surface area contributed by atoms with E-state index in [1.165, 1.54) is 12.1 Å². The standard InChI is InChI=1S/C36H47N11O6/c37-35(38)41-15-3-7-26-32(51)47-29(19-22-9-12-23-5-1-2-6-24(23)17-22)34(53)45-27(8-4-16-42-36(39)40)33(52)46-28(31(50)43-20-30(49)44-26)18-21-10-13-25(48)14-11-21/h1-2,5-6,9-14,17,26-29,48H,3-4,7-8,15-16,18-20H2,(H,43,50)(H,44,49)(H,45,53)(H,46,52)(H,47,51)(H4,37,38,41)(H4,39,40,42)/t26-,27+,28-,29-/m0/s1. The van der Waals surface area contributed by atoms with Gasteiger partial charge in [-0.25, -0.2) is 0 Å². The molecule has 4 atom stereocenters. The Morgan fingerprint density at radius 3 is 1.70 bits per heavy atom. The lowest BCUT2D eigenvalue weighted by molar-refractivity contribution is -0.134. The summed E-state index contributed by atoms with van der Waals surface area (Å²) in [7, 11) is 0. The molecule has 0 saturated carbocycles. The molecule has 1 fully saturated rings. The Bertz CT molecular complexity index is 1820. The Labute approximate surface area is 306 Å². The Kier molecular flexibility index (Phi) is 14.3. The molecule has 14 N–H and O–H groups in total. The molecule has 17 nitrogen and oxygen atoms in total. The van der Waals surface area contributed by atoms with Crippen LogP contribution in [-0.2, 0) is 36.8 Å². The third-order valence-electron chi connectivity index (χ3n) is 8.49. The third kappa shape index (κ3) is 12.7. The summed E-state index contributed by atoms with van der Waals surface area (Å²) in [5.41, 5.74) is 23.2. The first-order chi connectivity index (χ1) is 25.4. The van der Waals surface area contributed by atoms with Gasteiger partial charge in [-0.2, -0.15) is 0 Å². The van der Waals surface area contributed by atoms with Gasteiger partial charge in [0.1, 0.15) is 29.9 Å². The van der Waals surface area contributed by atoms with Crippen molar-refractivity contribution in [2.75, 3.05) is 19.6 Å². The van der Waals surface area contributed by atoms with E-state index in [1.807, 2.05) is 42.5 Å². The first-order valence-electron chi connectivity index (χ1n) is 17.2. The van der Waals surface area contributed by atoms with E-state index in [9.17, 15) is 29.1 Å². The van der Waals surface area contributed by atoms with Crippen molar-refractivity contribution >= 4 is 52.2 Å². The second-order valence-corrected chi connectivity index (χ2v) is 12.7. The predicted molar refractivity (Wildman–Crippen MR) is 200 cm³/mol. The van der Waals surface area contributed by atoms with Crippen molar-refractivity contribution in [3.63, 3.8) is 0 Å². The van der Waals surface area contributed by atoms with E-state index in [0.29, 0.717) is 12.0 Å². The molecule has 1 aliphatic rings. The number of carbonyl (C=O) groups excluding carboxylic acids is 5. The van der Waals surface area contributed by atoms with E-state index in [1.54, 1.807) is 12.1 Å². The number of amides is 5. The summed E-state index contributed by atoms with van der Waals surface area (Å²) in [4.78, 5) is 76.4. The van der Waals surface area contributed by atoms with Gasteiger partial charge in [-0.3, -0.25) is 34.0 Å². The highest BCUT2D eigenvalue weighted by Crippen LogP contribution is 2.18. The van der Waals surface area contributed by atoms with Gasteiger partial charge in [-0.15, -0.1) is 0 Å². The molecule has 17 heteroatoms. The molecule has 1 heterocycles. The molecule has 0 spiro atoms. The van der Waals surface area contributed by atoms with Crippen LogP contribution in [0.15, 0.2) is 76.7 Å². The number of rotatable bonds is 12. The van der Waals surface area contributed by atoms with Crippen LogP contribution in [0.5, 0.6) is 5.75 Å². The summed E-state index contributed by atoms with van der Waals surface area (Å²) in [6.45, 7) is -0.182. The molecule has 0 bridgehead atoms. The first kappa shape index (κ1) is 39.4. The maximum Gasteiger partial charge on any atom is 0.243 e. The van der Waals surface area contributed by atoms with Crippen molar-refractivity contribution in [1.29, 1.82) is 0 Å². The average molecular weight is 730 g/mol. The lowest BCUT2D eigenvalue weighted by atomic mass is 9.99. The maximum atomic E-state index is 14.1. The fraction of sp³-hybridized carbons (Fsp3) is 0.361. The van der Waals surface area contributed by atoms with Gasteiger partial charge in [0.2, 0.25) is 29.5 Å². The van der Waals surface area contributed by atoms with E-state index in [2.05, 4.69) is 36.6 Å². The molecule has 1 saturated heterocycles. The third-order valence-corrected chi connectivity index (χ3v) is 8.49. The predicted octanol–water partition coefficient (Wildman–Crippen LogP) is -1.49. The van der Waals surface area contributed by atoms with E-state index in [-0.39, 0.29) is 62.9 Å². The summed E-state index contributed by atoms with van der Waals surface area (Å²) >= 11 is 0. The number of nitrogens with one attached hydrogen (secondary N) is 5. The van der Waals surface area contributed by atoms with Crippen molar-refractivity contribution < 1.29 is 29.1 Å². The van der Waals surface area contributed by atoms with Crippen LogP contribution >= 0.6 is 0 Å². The number of phenolic OH excluding ortho intramolecular Hbond substituents is 1. The van der Waals surface area contributed by atoms with Crippen molar-refractivity contribution in [3.05, 3.63) is 77.9 Å². The van der Waals surface area contributed by atoms with Crippen LogP contribution in [0.2, 0.25) is 0 Å². The molecule has 1 aliphatic heterocycles. The highest BCUT2D eigenvalue weighted by Gasteiger charge is 2.32. The molecule has 0 unspecified atom stereocenters. The fourth-order valence-corrected chi connectivity index (χ4v) is 5.79. The second-order valence-electron chi connectivity index (χ2n) is 12.7. The van der Waals surface area contributed by atoms with Crippen molar-refractivity contribution in [3.8, 4) is 5.75 Å². The number of hydrogen-bond acceptors (Lipinski definition) is 8. The minimum atomic E-state index is -1.19. The largest absolute Gasteiger partial charge is 0.508 e. The van der Waals surface area contributed by atoms with Crippen molar-refractivity contribution in [2.24, 2.45) is 32.9 Å². The molecular weight excluding hydrogens is 682 g/mol. The van der Waals surface area contributed by atoms with Crippen LogP contribution in [0.3, 0.4) is 0 Å². The monoisotopic (exact) mass is 729 g/mol. The molecule has 0 radical (unpaired) electrons. The average Bonchev–Trinajstić information content (AvgIpc) is 3.12. The number of guanidine groups is 2. The zero-order valence-electron chi connectivity index (χ0n) is 29.2. The number of aliphatic imine (C=N–C) groups is 2. The van der Waals surface area contributed by atoms with E-state index >= 15 is 0 Å². The van der Waals surface area contributed by atoms with Crippen LogP contribution in [-0.4, -0.2) is 90.4 Å². The zero-order chi connectivity index (χ0) is 38.3. The zero-order valence-corrected chi connectivity index (χ0v) is 29.2. The Morgan fingerprint density at radius 1 is 0.604 bits per heavy atom. The summed E-state index contributed by atoms with van der Waals surface area (Å²) in [6, 6.07) is 14.7. The molecule has 0 aromatic heterocycles. The summed E-state index contributed by atoms with van der Waals surface area (Å²) < 4.78 is 0. The van der Waals surface area contributed by atoms with Gasteiger partial charge in [0, 0.05) is 25.9 Å². The van der Waals surface area contributed by atoms with Crippen LogP contribution in [0.1, 0.15) is 36.8 Å². The summed E-state index contributed by atoms with van der Waals surface area (Å²) in [5.74, 6) is -3.65. The van der Waals surface area contributed by atoms with Gasteiger partial charge in [-0.1, -0.05) is 54.6 Å². The number of fused-ring (bicyclic) bond motifs is 1. The maximum absolute atomic E-state index is 14.1. The van der Waals surface area contributed by atoms with Gasteiger partial charge < -0.3 is 54.6 Å². The smallest absolute Gasteiger partial charge is 0.243 e. The SMILES string of the molecule is NC(N)=NCCC[C@@H]1NC(=O)CNC(=O)[C@H](Cc2ccc(O)cc2)NC(=O)[C@@H](CCCN=C(N)N)NC(=O)[C@H](Cc2ccc3ccccc3c2)NC1=O. The van der Waals surface area contributed by atoms with Crippen LogP contribution in [0, 0.1) is 0 Å². The lowest BCUT2D eigenvalue weighted by Crippen LogP contribution is -2.58. The Balaban J connectivity index is 1.69. The normalized spacial score (nSPS) is 20.0. The number of aromatic hydroxyl groups is 1. The molecule has 4 rings (SSSR count). The number of nitrogens with two attached hydrogens (primary N) is 4. The van der Waals surface area contributed by atoms with E-state index in [4.69, 9.17) is 22.9 Å². The topological polar surface area (TPSA) is 295 Å². The molecule has 53 heavy (non-hydrogen) atoms. The second kappa shape index (κ2) is 19.3. The van der Waals surface area contributed by atoms with E-state index < -0.39 is 60.2 Å². The molecular formula is C36H47N11O6. The first-order valence-corrected chi connectivity index (χ1v) is 17.2. The fourth-order valence-electron chi connectivity index (χ4n) is 5.79. The van der Waals surface area contributed by atoms with E-state index in [0.717, 1.165) is 16.3 Å². The van der Waals surface area contributed by atoms with Gasteiger partial charge in [0.15, 0.2) is 11.9 Å². The molecule has 3 aromatic carbocycles. The van der Waals surface area contributed by atoms with Crippen LogP contribution in [0.25, 0.3) is 10.8 Å². The van der Waals surface area contributed by atoms with Crippen molar-refractivity contribution in [2.45, 2.75) is 62.7 Å². The number of carbonyl (C=O) groups is 5. The number of phenols is 1. The highest BCUT2D eigenvalue weighted by molar-refractivity contribution is 5.97. The van der Waals surface area contributed by atoms with Gasteiger partial charge in [-0.05, 0) is 59.7 Å². The molecule has 3 aromatic rings. The Morgan fingerprint density at radius 2 is 1.09 bits per heavy atom. The number of nitrogens with zero attached hydrogens (tertiary/aromatic N) is 2. The Hall–Kier alpha value is -6.39. The molecule has 5 amide bonds. The van der Waals surface area contributed by atoms with Crippen molar-refractivity contribution in [1.82, 2.24) is 26.6 Å². The summed E-state index contributed by atoms with van der Waals surface area (Å²) in [5, 5.41) is 25.1. The quantitative estimate of drug-likeness (QED) is 0.0585. The number of benzene rings is 3. The van der Waals surface area contributed by atoms with Gasteiger partial charge in [0.05, 0.1) is 6.54 Å². The molecule has 0 aliphatic carbocycles.